The Balaban J connectivity index is 2.40. The molecule has 110 valence electrons. The monoisotopic (exact) mass is 276 g/mol. The van der Waals surface area contributed by atoms with Crippen LogP contribution in [-0.2, 0) is 16.0 Å². The molecular formula is C16H24N2O2. The highest BCUT2D eigenvalue weighted by atomic mass is 16.2. The van der Waals surface area contributed by atoms with Gasteiger partial charge in [0.05, 0.1) is 6.42 Å². The summed E-state index contributed by atoms with van der Waals surface area (Å²) in [6.07, 6.45) is 0.371. The van der Waals surface area contributed by atoms with E-state index in [0.717, 1.165) is 5.56 Å². The predicted molar refractivity (Wildman–Crippen MR) is 80.3 cm³/mol. The molecule has 0 aliphatic carbocycles. The van der Waals surface area contributed by atoms with E-state index in [9.17, 15) is 9.59 Å². The topological polar surface area (TPSA) is 49.4 Å². The van der Waals surface area contributed by atoms with Gasteiger partial charge < -0.3 is 10.2 Å². The molecular weight excluding hydrogens is 252 g/mol. The normalized spacial score (nSPS) is 11.0. The molecule has 1 aromatic rings. The molecule has 4 heteroatoms. The molecule has 0 unspecified atom stereocenters. The lowest BCUT2D eigenvalue weighted by Crippen LogP contribution is -2.48. The SMILES string of the molecule is CC(=O)N(CCNC(=O)Cc1ccccc1)C(C)(C)C. The quantitative estimate of drug-likeness (QED) is 0.894. The largest absolute Gasteiger partial charge is 0.354 e. The van der Waals surface area contributed by atoms with Crippen LogP contribution in [0, 0.1) is 0 Å². The average molecular weight is 276 g/mol. The molecule has 20 heavy (non-hydrogen) atoms. The van der Waals surface area contributed by atoms with E-state index in [4.69, 9.17) is 0 Å². The molecule has 0 spiro atoms. The van der Waals surface area contributed by atoms with E-state index in [-0.39, 0.29) is 17.4 Å². The summed E-state index contributed by atoms with van der Waals surface area (Å²) in [6, 6.07) is 9.61. The van der Waals surface area contributed by atoms with E-state index in [1.807, 2.05) is 51.1 Å². The van der Waals surface area contributed by atoms with Crippen molar-refractivity contribution in [3.05, 3.63) is 35.9 Å². The Hall–Kier alpha value is -1.84. The maximum Gasteiger partial charge on any atom is 0.224 e. The van der Waals surface area contributed by atoms with Crippen molar-refractivity contribution in [2.75, 3.05) is 13.1 Å². The van der Waals surface area contributed by atoms with Gasteiger partial charge in [-0.15, -0.1) is 0 Å². The number of rotatable bonds is 5. The first-order valence-corrected chi connectivity index (χ1v) is 6.89. The Labute approximate surface area is 121 Å². The first-order chi connectivity index (χ1) is 9.30. The molecule has 0 atom stereocenters. The number of nitrogens with one attached hydrogen (secondary N) is 1. The summed E-state index contributed by atoms with van der Waals surface area (Å²) in [7, 11) is 0. The lowest BCUT2D eigenvalue weighted by atomic mass is 10.1. The Kier molecular flexibility index (Phi) is 5.74. The number of amides is 2. The van der Waals surface area contributed by atoms with Gasteiger partial charge >= 0.3 is 0 Å². The zero-order valence-corrected chi connectivity index (χ0v) is 12.8. The van der Waals surface area contributed by atoms with E-state index in [0.29, 0.717) is 19.5 Å². The summed E-state index contributed by atoms with van der Waals surface area (Å²) < 4.78 is 0. The van der Waals surface area contributed by atoms with E-state index in [1.54, 1.807) is 11.8 Å². The number of nitrogens with zero attached hydrogens (tertiary/aromatic N) is 1. The molecule has 0 aliphatic rings. The zero-order valence-electron chi connectivity index (χ0n) is 12.8. The maximum absolute atomic E-state index is 11.8. The van der Waals surface area contributed by atoms with Crippen LogP contribution in [0.15, 0.2) is 30.3 Å². The van der Waals surface area contributed by atoms with Crippen molar-refractivity contribution in [1.82, 2.24) is 10.2 Å². The fourth-order valence-electron chi connectivity index (χ4n) is 2.12. The average Bonchev–Trinajstić information content (AvgIpc) is 2.33. The molecule has 0 fully saturated rings. The highest BCUT2D eigenvalue weighted by Gasteiger charge is 2.23. The molecule has 2 amide bonds. The number of hydrogen-bond acceptors (Lipinski definition) is 2. The summed E-state index contributed by atoms with van der Waals surface area (Å²) >= 11 is 0. The second kappa shape index (κ2) is 7.08. The maximum atomic E-state index is 11.8. The van der Waals surface area contributed by atoms with Gasteiger partial charge in [-0.1, -0.05) is 30.3 Å². The smallest absolute Gasteiger partial charge is 0.224 e. The fraction of sp³-hybridized carbons (Fsp3) is 0.500. The molecule has 0 saturated heterocycles. The summed E-state index contributed by atoms with van der Waals surface area (Å²) in [5, 5.41) is 2.86. The van der Waals surface area contributed by atoms with Crippen LogP contribution in [0.3, 0.4) is 0 Å². The minimum absolute atomic E-state index is 0.0198. The number of benzene rings is 1. The van der Waals surface area contributed by atoms with Crippen LogP contribution in [-0.4, -0.2) is 35.3 Å². The first-order valence-electron chi connectivity index (χ1n) is 6.89. The van der Waals surface area contributed by atoms with Crippen molar-refractivity contribution in [3.8, 4) is 0 Å². The summed E-state index contributed by atoms with van der Waals surface area (Å²) in [6.45, 7) is 8.51. The van der Waals surface area contributed by atoms with Gasteiger partial charge in [0.15, 0.2) is 0 Å². The fourth-order valence-corrected chi connectivity index (χ4v) is 2.12. The Bertz CT molecular complexity index is 449. The van der Waals surface area contributed by atoms with E-state index >= 15 is 0 Å². The molecule has 0 aromatic heterocycles. The molecule has 0 heterocycles. The standard InChI is InChI=1S/C16H24N2O2/c1-13(19)18(16(2,3)4)11-10-17-15(20)12-14-8-6-5-7-9-14/h5-9H,10-12H2,1-4H3,(H,17,20). The van der Waals surface area contributed by atoms with E-state index < -0.39 is 0 Å². The van der Waals surface area contributed by atoms with Crippen LogP contribution in [0.2, 0.25) is 0 Å². The Morgan fingerprint density at radius 3 is 2.25 bits per heavy atom. The highest BCUT2D eigenvalue weighted by Crippen LogP contribution is 2.12. The van der Waals surface area contributed by atoms with Crippen molar-refractivity contribution in [1.29, 1.82) is 0 Å². The lowest BCUT2D eigenvalue weighted by Gasteiger charge is -2.35. The van der Waals surface area contributed by atoms with Gasteiger partial charge in [0.25, 0.3) is 0 Å². The van der Waals surface area contributed by atoms with Crippen LogP contribution in [0.5, 0.6) is 0 Å². The summed E-state index contributed by atoms with van der Waals surface area (Å²) in [5.74, 6) is 0.00317. The Morgan fingerprint density at radius 2 is 1.75 bits per heavy atom. The molecule has 1 N–H and O–H groups in total. The predicted octanol–water partition coefficient (Wildman–Crippen LogP) is 1.99. The molecule has 0 bridgehead atoms. The number of hydrogen-bond donors (Lipinski definition) is 1. The van der Waals surface area contributed by atoms with Crippen LogP contribution in [0.4, 0.5) is 0 Å². The van der Waals surface area contributed by atoms with Gasteiger partial charge in [0.1, 0.15) is 0 Å². The van der Waals surface area contributed by atoms with Crippen molar-refractivity contribution in [2.24, 2.45) is 0 Å². The Morgan fingerprint density at radius 1 is 1.15 bits per heavy atom. The van der Waals surface area contributed by atoms with Gasteiger partial charge in [-0.3, -0.25) is 9.59 Å². The number of carbonyl (C=O) groups is 2. The molecule has 0 aliphatic heterocycles. The highest BCUT2D eigenvalue weighted by molar-refractivity contribution is 5.78. The van der Waals surface area contributed by atoms with Gasteiger partial charge in [-0.2, -0.15) is 0 Å². The van der Waals surface area contributed by atoms with Crippen molar-refractivity contribution in [2.45, 2.75) is 39.7 Å². The van der Waals surface area contributed by atoms with Crippen molar-refractivity contribution >= 4 is 11.8 Å². The van der Waals surface area contributed by atoms with Crippen molar-refractivity contribution < 1.29 is 9.59 Å². The third kappa shape index (κ3) is 5.43. The third-order valence-electron chi connectivity index (χ3n) is 3.05. The van der Waals surface area contributed by atoms with Crippen LogP contribution in [0.25, 0.3) is 0 Å². The van der Waals surface area contributed by atoms with Crippen LogP contribution < -0.4 is 5.32 Å². The van der Waals surface area contributed by atoms with Crippen LogP contribution >= 0.6 is 0 Å². The second-order valence-corrected chi connectivity index (χ2v) is 5.85. The summed E-state index contributed by atoms with van der Waals surface area (Å²) in [5.41, 5.74) is 0.764. The van der Waals surface area contributed by atoms with Crippen molar-refractivity contribution in [3.63, 3.8) is 0 Å². The second-order valence-electron chi connectivity index (χ2n) is 5.85. The zero-order chi connectivity index (χ0) is 15.2. The van der Waals surface area contributed by atoms with E-state index in [2.05, 4.69) is 5.32 Å². The third-order valence-corrected chi connectivity index (χ3v) is 3.05. The molecule has 1 aromatic carbocycles. The minimum Gasteiger partial charge on any atom is -0.354 e. The van der Waals surface area contributed by atoms with Gasteiger partial charge in [0.2, 0.25) is 11.8 Å². The molecule has 0 saturated carbocycles. The lowest BCUT2D eigenvalue weighted by molar-refractivity contribution is -0.134. The van der Waals surface area contributed by atoms with Gasteiger partial charge in [0, 0.05) is 25.6 Å². The van der Waals surface area contributed by atoms with E-state index in [1.165, 1.54) is 0 Å². The van der Waals surface area contributed by atoms with Gasteiger partial charge in [-0.05, 0) is 26.3 Å². The number of carbonyl (C=O) groups excluding carboxylic acids is 2. The molecule has 4 nitrogen and oxygen atoms in total. The first kappa shape index (κ1) is 16.2. The van der Waals surface area contributed by atoms with Gasteiger partial charge in [-0.25, -0.2) is 0 Å². The summed E-state index contributed by atoms with van der Waals surface area (Å²) in [4.78, 5) is 25.1. The molecule has 0 radical (unpaired) electrons. The van der Waals surface area contributed by atoms with Crippen LogP contribution in [0.1, 0.15) is 33.3 Å². The molecule has 1 rings (SSSR count). The minimum atomic E-state index is -0.226.